The Morgan fingerprint density at radius 3 is 2.52 bits per heavy atom. The number of hydrogen-bond donors (Lipinski definition) is 1. The lowest BCUT2D eigenvalue weighted by atomic mass is 10.0. The smallest absolute Gasteiger partial charge is 0.410 e. The molecule has 0 radical (unpaired) electrons. The van der Waals surface area contributed by atoms with Crippen LogP contribution in [0.1, 0.15) is 60.3 Å². The third-order valence-corrected chi connectivity index (χ3v) is 6.16. The number of fused-ring (bicyclic) bond motifs is 1. The minimum atomic E-state index is -0.415. The molecule has 0 bridgehead atoms. The normalized spacial score (nSPS) is 16.7. The Morgan fingerprint density at radius 1 is 1.15 bits per heavy atom. The number of anilines is 1. The largest absolute Gasteiger partial charge is 0.462 e. The van der Waals surface area contributed by atoms with Crippen molar-refractivity contribution in [3.63, 3.8) is 0 Å². The minimum Gasteiger partial charge on any atom is -0.462 e. The predicted octanol–water partition coefficient (Wildman–Crippen LogP) is 3.57. The SMILES string of the molecule is CCOC(=O)c1c(NC(=O)C2CCCC2)sc2c1CCN(C(=O)OCC)C2. The number of rotatable bonds is 5. The molecule has 0 aromatic carbocycles. The third-order valence-electron chi connectivity index (χ3n) is 5.03. The molecule has 27 heavy (non-hydrogen) atoms. The molecule has 0 atom stereocenters. The molecule has 0 spiro atoms. The summed E-state index contributed by atoms with van der Waals surface area (Å²) in [6, 6.07) is 0. The second-order valence-corrected chi connectivity index (χ2v) is 7.87. The first kappa shape index (κ1) is 19.7. The number of carbonyl (C=O) groups is 3. The summed E-state index contributed by atoms with van der Waals surface area (Å²) in [6.45, 7) is 4.98. The summed E-state index contributed by atoms with van der Waals surface area (Å²) in [5.41, 5.74) is 1.33. The molecule has 8 heteroatoms. The average Bonchev–Trinajstić information content (AvgIpc) is 3.29. The lowest BCUT2D eigenvalue weighted by molar-refractivity contribution is -0.119. The third kappa shape index (κ3) is 4.26. The van der Waals surface area contributed by atoms with E-state index in [4.69, 9.17) is 9.47 Å². The van der Waals surface area contributed by atoms with Gasteiger partial charge in [0.05, 0.1) is 25.3 Å². The van der Waals surface area contributed by atoms with Crippen molar-refractivity contribution in [3.05, 3.63) is 16.0 Å². The van der Waals surface area contributed by atoms with Crippen molar-refractivity contribution in [3.8, 4) is 0 Å². The molecular weight excluding hydrogens is 368 g/mol. The number of thiophene rings is 1. The zero-order valence-electron chi connectivity index (χ0n) is 15.8. The van der Waals surface area contributed by atoms with E-state index in [2.05, 4.69) is 5.32 Å². The Bertz CT molecular complexity index is 724. The minimum absolute atomic E-state index is 0.00945. The maximum Gasteiger partial charge on any atom is 0.410 e. The van der Waals surface area contributed by atoms with Crippen molar-refractivity contribution in [1.29, 1.82) is 0 Å². The van der Waals surface area contributed by atoms with Crippen LogP contribution in [0.15, 0.2) is 0 Å². The van der Waals surface area contributed by atoms with Crippen LogP contribution in [0.25, 0.3) is 0 Å². The zero-order chi connectivity index (χ0) is 19.4. The van der Waals surface area contributed by atoms with Gasteiger partial charge in [0.2, 0.25) is 5.91 Å². The average molecular weight is 394 g/mol. The fraction of sp³-hybridized carbons (Fsp3) is 0.632. The van der Waals surface area contributed by atoms with Crippen LogP contribution in [0.4, 0.5) is 9.80 Å². The van der Waals surface area contributed by atoms with Crippen LogP contribution >= 0.6 is 11.3 Å². The van der Waals surface area contributed by atoms with Gasteiger partial charge in [0.25, 0.3) is 0 Å². The van der Waals surface area contributed by atoms with Gasteiger partial charge in [0.1, 0.15) is 5.00 Å². The summed E-state index contributed by atoms with van der Waals surface area (Å²) in [7, 11) is 0. The second-order valence-electron chi connectivity index (χ2n) is 6.77. The first-order valence-electron chi connectivity index (χ1n) is 9.59. The molecule has 2 aliphatic rings. The highest BCUT2D eigenvalue weighted by atomic mass is 32.1. The molecular formula is C19H26N2O5S. The van der Waals surface area contributed by atoms with Gasteiger partial charge in [-0.2, -0.15) is 0 Å². The lowest BCUT2D eigenvalue weighted by Crippen LogP contribution is -2.36. The van der Waals surface area contributed by atoms with Crippen molar-refractivity contribution >= 4 is 34.3 Å². The molecule has 1 aromatic rings. The monoisotopic (exact) mass is 394 g/mol. The molecule has 2 amide bonds. The molecule has 148 valence electrons. The van der Waals surface area contributed by atoms with E-state index in [-0.39, 0.29) is 24.5 Å². The van der Waals surface area contributed by atoms with Gasteiger partial charge in [0.15, 0.2) is 0 Å². The molecule has 0 unspecified atom stereocenters. The number of carbonyl (C=O) groups excluding carboxylic acids is 3. The van der Waals surface area contributed by atoms with Crippen molar-refractivity contribution in [2.75, 3.05) is 25.1 Å². The molecule has 2 heterocycles. The van der Waals surface area contributed by atoms with Gasteiger partial charge in [-0.05, 0) is 38.7 Å². The lowest BCUT2D eigenvalue weighted by Gasteiger charge is -2.26. The fourth-order valence-corrected chi connectivity index (χ4v) is 4.94. The van der Waals surface area contributed by atoms with Crippen LogP contribution in [0.3, 0.4) is 0 Å². The van der Waals surface area contributed by atoms with Gasteiger partial charge in [0, 0.05) is 17.3 Å². The molecule has 0 saturated heterocycles. The van der Waals surface area contributed by atoms with Crippen LogP contribution in [0.2, 0.25) is 0 Å². The first-order valence-corrected chi connectivity index (χ1v) is 10.4. The summed E-state index contributed by atoms with van der Waals surface area (Å²) < 4.78 is 10.3. The van der Waals surface area contributed by atoms with Crippen LogP contribution in [0, 0.1) is 5.92 Å². The van der Waals surface area contributed by atoms with Crippen LogP contribution in [-0.4, -0.2) is 42.6 Å². The number of nitrogens with zero attached hydrogens (tertiary/aromatic N) is 1. The maximum absolute atomic E-state index is 12.6. The quantitative estimate of drug-likeness (QED) is 0.772. The summed E-state index contributed by atoms with van der Waals surface area (Å²) in [5.74, 6) is -0.435. The van der Waals surface area contributed by atoms with Crippen molar-refractivity contribution in [1.82, 2.24) is 4.90 Å². The van der Waals surface area contributed by atoms with Gasteiger partial charge >= 0.3 is 12.1 Å². The highest BCUT2D eigenvalue weighted by Crippen LogP contribution is 2.38. The van der Waals surface area contributed by atoms with E-state index < -0.39 is 5.97 Å². The Hall–Kier alpha value is -2.09. The summed E-state index contributed by atoms with van der Waals surface area (Å²) in [5, 5.41) is 3.50. The van der Waals surface area contributed by atoms with E-state index in [1.165, 1.54) is 11.3 Å². The van der Waals surface area contributed by atoms with Crippen LogP contribution < -0.4 is 5.32 Å². The van der Waals surface area contributed by atoms with E-state index in [1.807, 2.05) is 0 Å². The van der Waals surface area contributed by atoms with Crippen LogP contribution in [-0.2, 0) is 27.2 Å². The number of nitrogens with one attached hydrogen (secondary N) is 1. The summed E-state index contributed by atoms with van der Waals surface area (Å²) in [4.78, 5) is 39.7. The van der Waals surface area contributed by atoms with Gasteiger partial charge in [-0.3, -0.25) is 4.79 Å². The predicted molar refractivity (Wildman–Crippen MR) is 102 cm³/mol. The van der Waals surface area contributed by atoms with E-state index in [0.29, 0.717) is 36.7 Å². The molecule has 1 fully saturated rings. The van der Waals surface area contributed by atoms with Gasteiger partial charge < -0.3 is 19.7 Å². The Labute approximate surface area is 163 Å². The Morgan fingerprint density at radius 2 is 1.85 bits per heavy atom. The first-order chi connectivity index (χ1) is 13.0. The van der Waals surface area contributed by atoms with Gasteiger partial charge in [-0.1, -0.05) is 12.8 Å². The number of amides is 2. The number of esters is 1. The zero-order valence-corrected chi connectivity index (χ0v) is 16.7. The molecule has 1 N–H and O–H groups in total. The standard InChI is InChI=1S/C19H26N2O5S/c1-3-25-18(23)15-13-9-10-21(19(24)26-4-2)11-14(13)27-17(15)20-16(22)12-7-5-6-8-12/h12H,3-11H2,1-2H3,(H,20,22). The van der Waals surface area contributed by atoms with E-state index >= 15 is 0 Å². The van der Waals surface area contributed by atoms with E-state index in [0.717, 1.165) is 36.1 Å². The van der Waals surface area contributed by atoms with E-state index in [9.17, 15) is 14.4 Å². The van der Waals surface area contributed by atoms with Crippen molar-refractivity contribution < 1.29 is 23.9 Å². The van der Waals surface area contributed by atoms with Crippen molar-refractivity contribution in [2.24, 2.45) is 5.92 Å². The van der Waals surface area contributed by atoms with Crippen LogP contribution in [0.5, 0.6) is 0 Å². The fourth-order valence-electron chi connectivity index (χ4n) is 3.68. The maximum atomic E-state index is 12.6. The summed E-state index contributed by atoms with van der Waals surface area (Å²) >= 11 is 1.36. The highest BCUT2D eigenvalue weighted by Gasteiger charge is 2.32. The Balaban J connectivity index is 1.85. The molecule has 1 aliphatic heterocycles. The molecule has 7 nitrogen and oxygen atoms in total. The highest BCUT2D eigenvalue weighted by molar-refractivity contribution is 7.17. The molecule has 3 rings (SSSR count). The topological polar surface area (TPSA) is 84.9 Å². The Kier molecular flexibility index (Phi) is 6.36. The van der Waals surface area contributed by atoms with Gasteiger partial charge in [-0.25, -0.2) is 9.59 Å². The molecule has 1 aliphatic carbocycles. The van der Waals surface area contributed by atoms with Crippen molar-refractivity contribution in [2.45, 2.75) is 52.5 Å². The molecule has 1 aromatic heterocycles. The van der Waals surface area contributed by atoms with E-state index in [1.54, 1.807) is 18.7 Å². The molecule has 1 saturated carbocycles. The number of ether oxygens (including phenoxy) is 2. The van der Waals surface area contributed by atoms with Gasteiger partial charge in [-0.15, -0.1) is 11.3 Å². The number of hydrogen-bond acceptors (Lipinski definition) is 6. The second kappa shape index (κ2) is 8.73. The summed E-state index contributed by atoms with van der Waals surface area (Å²) in [6.07, 6.45) is 4.10.